The van der Waals surface area contributed by atoms with Crippen LogP contribution in [-0.2, 0) is 0 Å². The summed E-state index contributed by atoms with van der Waals surface area (Å²) in [4.78, 5) is 23.0. The number of Topliss-reactive ketones (excluding diaryl/α,β-unsaturated/α-hetero) is 1. The Balaban J connectivity index is 2.82. The van der Waals surface area contributed by atoms with Gasteiger partial charge in [-0.25, -0.2) is 0 Å². The standard InChI is InChI=1S/C16H14O2/c1-11-8-9-14(10-17)16(15(11)12(2)18)13-6-4-3-5-7-13/h3-10H,1-2H3. The van der Waals surface area contributed by atoms with Crippen LogP contribution >= 0.6 is 0 Å². The second-order valence-electron chi connectivity index (χ2n) is 4.26. The first kappa shape index (κ1) is 12.2. The number of carbonyl (C=O) groups excluding carboxylic acids is 2. The Labute approximate surface area is 106 Å². The van der Waals surface area contributed by atoms with Crippen LogP contribution in [0, 0.1) is 6.92 Å². The third-order valence-corrected chi connectivity index (χ3v) is 2.99. The van der Waals surface area contributed by atoms with E-state index in [2.05, 4.69) is 0 Å². The lowest BCUT2D eigenvalue weighted by molar-refractivity contribution is 0.101. The summed E-state index contributed by atoms with van der Waals surface area (Å²) in [5, 5.41) is 0. The molecular weight excluding hydrogens is 224 g/mol. The van der Waals surface area contributed by atoms with Crippen molar-refractivity contribution in [2.45, 2.75) is 13.8 Å². The van der Waals surface area contributed by atoms with E-state index >= 15 is 0 Å². The fraction of sp³-hybridized carbons (Fsp3) is 0.125. The Bertz CT molecular complexity index is 598. The maximum Gasteiger partial charge on any atom is 0.160 e. The fourth-order valence-electron chi connectivity index (χ4n) is 2.19. The summed E-state index contributed by atoms with van der Waals surface area (Å²) in [5.74, 6) is -0.0185. The van der Waals surface area contributed by atoms with Crippen molar-refractivity contribution in [3.8, 4) is 11.1 Å². The maximum absolute atomic E-state index is 11.8. The van der Waals surface area contributed by atoms with Gasteiger partial charge >= 0.3 is 0 Å². The zero-order valence-electron chi connectivity index (χ0n) is 10.4. The van der Waals surface area contributed by atoms with Crippen LogP contribution in [0.4, 0.5) is 0 Å². The van der Waals surface area contributed by atoms with Gasteiger partial charge in [0.1, 0.15) is 0 Å². The van der Waals surface area contributed by atoms with Gasteiger partial charge in [0.2, 0.25) is 0 Å². The predicted octanol–water partition coefficient (Wildman–Crippen LogP) is 3.68. The molecule has 0 aliphatic heterocycles. The van der Waals surface area contributed by atoms with Crippen molar-refractivity contribution < 1.29 is 9.59 Å². The van der Waals surface area contributed by atoms with E-state index in [-0.39, 0.29) is 5.78 Å². The molecule has 2 aromatic rings. The predicted molar refractivity (Wildman–Crippen MR) is 72.0 cm³/mol. The minimum absolute atomic E-state index is 0.0185. The van der Waals surface area contributed by atoms with Gasteiger partial charge in [-0.05, 0) is 25.0 Å². The molecule has 0 unspecified atom stereocenters. The Morgan fingerprint density at radius 2 is 1.72 bits per heavy atom. The Morgan fingerprint density at radius 1 is 1.06 bits per heavy atom. The number of hydrogen-bond acceptors (Lipinski definition) is 2. The zero-order valence-corrected chi connectivity index (χ0v) is 10.4. The molecule has 0 aliphatic rings. The van der Waals surface area contributed by atoms with Gasteiger partial charge in [-0.1, -0.05) is 42.5 Å². The van der Waals surface area contributed by atoms with Crippen LogP contribution in [0.5, 0.6) is 0 Å². The maximum atomic E-state index is 11.8. The molecule has 0 atom stereocenters. The first-order valence-electron chi connectivity index (χ1n) is 5.80. The lowest BCUT2D eigenvalue weighted by atomic mass is 9.90. The average molecular weight is 238 g/mol. The van der Waals surface area contributed by atoms with Gasteiger partial charge in [0.05, 0.1) is 0 Å². The molecule has 2 nitrogen and oxygen atoms in total. The molecule has 0 N–H and O–H groups in total. The van der Waals surface area contributed by atoms with Crippen molar-refractivity contribution in [2.24, 2.45) is 0 Å². The lowest BCUT2D eigenvalue weighted by Gasteiger charge is -2.12. The highest BCUT2D eigenvalue weighted by atomic mass is 16.1. The van der Waals surface area contributed by atoms with Crippen molar-refractivity contribution in [1.29, 1.82) is 0 Å². The van der Waals surface area contributed by atoms with Crippen molar-refractivity contribution in [1.82, 2.24) is 0 Å². The minimum atomic E-state index is -0.0185. The number of aldehydes is 1. The highest BCUT2D eigenvalue weighted by Crippen LogP contribution is 2.29. The molecule has 0 heterocycles. The van der Waals surface area contributed by atoms with Gasteiger partial charge in [-0.2, -0.15) is 0 Å². The van der Waals surface area contributed by atoms with Gasteiger partial charge in [0.25, 0.3) is 0 Å². The highest BCUT2D eigenvalue weighted by Gasteiger charge is 2.15. The summed E-state index contributed by atoms with van der Waals surface area (Å²) in [6, 6.07) is 13.1. The first-order valence-corrected chi connectivity index (χ1v) is 5.80. The molecule has 0 fully saturated rings. The van der Waals surface area contributed by atoms with E-state index in [4.69, 9.17) is 0 Å². The molecule has 0 spiro atoms. The van der Waals surface area contributed by atoms with Crippen LogP contribution in [0.1, 0.15) is 33.2 Å². The van der Waals surface area contributed by atoms with Crippen LogP contribution in [-0.4, -0.2) is 12.1 Å². The van der Waals surface area contributed by atoms with Gasteiger partial charge in [-0.15, -0.1) is 0 Å². The average Bonchev–Trinajstić information content (AvgIpc) is 2.39. The first-order chi connectivity index (χ1) is 8.65. The van der Waals surface area contributed by atoms with E-state index in [0.29, 0.717) is 11.1 Å². The third-order valence-electron chi connectivity index (χ3n) is 2.99. The lowest BCUT2D eigenvalue weighted by Crippen LogP contribution is -2.03. The Kier molecular flexibility index (Phi) is 3.38. The van der Waals surface area contributed by atoms with E-state index in [1.165, 1.54) is 6.92 Å². The third kappa shape index (κ3) is 2.09. The summed E-state index contributed by atoms with van der Waals surface area (Å²) in [6.45, 7) is 3.42. The molecule has 0 aromatic heterocycles. The second-order valence-corrected chi connectivity index (χ2v) is 4.26. The van der Waals surface area contributed by atoms with Crippen LogP contribution in [0.15, 0.2) is 42.5 Å². The summed E-state index contributed by atoms with van der Waals surface area (Å²) in [5.41, 5.74) is 3.71. The van der Waals surface area contributed by atoms with Crippen molar-refractivity contribution in [3.63, 3.8) is 0 Å². The number of rotatable bonds is 3. The number of ketones is 1. The molecule has 2 heteroatoms. The largest absolute Gasteiger partial charge is 0.298 e. The summed E-state index contributed by atoms with van der Waals surface area (Å²) in [7, 11) is 0. The molecule has 2 aromatic carbocycles. The molecule has 0 aliphatic carbocycles. The van der Waals surface area contributed by atoms with Crippen LogP contribution < -0.4 is 0 Å². The molecular formula is C16H14O2. The molecule has 0 saturated heterocycles. The number of aryl methyl sites for hydroxylation is 1. The smallest absolute Gasteiger partial charge is 0.160 e. The summed E-state index contributed by atoms with van der Waals surface area (Å²) < 4.78 is 0. The highest BCUT2D eigenvalue weighted by molar-refractivity contribution is 6.06. The topological polar surface area (TPSA) is 34.1 Å². The van der Waals surface area contributed by atoms with Crippen molar-refractivity contribution >= 4 is 12.1 Å². The number of benzene rings is 2. The van der Waals surface area contributed by atoms with E-state index < -0.39 is 0 Å². The summed E-state index contributed by atoms with van der Waals surface area (Å²) >= 11 is 0. The molecule has 0 saturated carbocycles. The van der Waals surface area contributed by atoms with E-state index in [1.54, 1.807) is 6.07 Å². The van der Waals surface area contributed by atoms with Crippen LogP contribution in [0.3, 0.4) is 0 Å². The Hall–Kier alpha value is -2.22. The summed E-state index contributed by atoms with van der Waals surface area (Å²) in [6.07, 6.45) is 0.800. The molecule has 18 heavy (non-hydrogen) atoms. The van der Waals surface area contributed by atoms with Crippen molar-refractivity contribution in [2.75, 3.05) is 0 Å². The van der Waals surface area contributed by atoms with E-state index in [1.807, 2.05) is 43.3 Å². The molecule has 0 radical (unpaired) electrons. The molecule has 0 amide bonds. The quantitative estimate of drug-likeness (QED) is 0.604. The normalized spacial score (nSPS) is 10.1. The second kappa shape index (κ2) is 4.96. The Morgan fingerprint density at radius 3 is 2.28 bits per heavy atom. The number of carbonyl (C=O) groups is 2. The minimum Gasteiger partial charge on any atom is -0.298 e. The van der Waals surface area contributed by atoms with E-state index in [0.717, 1.165) is 23.0 Å². The van der Waals surface area contributed by atoms with Gasteiger partial charge < -0.3 is 0 Å². The zero-order chi connectivity index (χ0) is 13.1. The van der Waals surface area contributed by atoms with Crippen LogP contribution in [0.2, 0.25) is 0 Å². The molecule has 0 bridgehead atoms. The molecule has 2 rings (SSSR count). The number of hydrogen-bond donors (Lipinski definition) is 0. The SMILES string of the molecule is CC(=O)c1c(C)ccc(C=O)c1-c1ccccc1. The fourth-order valence-corrected chi connectivity index (χ4v) is 2.19. The van der Waals surface area contributed by atoms with Gasteiger partial charge in [0, 0.05) is 16.7 Å². The van der Waals surface area contributed by atoms with Gasteiger partial charge in [0.15, 0.2) is 12.1 Å². The van der Waals surface area contributed by atoms with Crippen LogP contribution in [0.25, 0.3) is 11.1 Å². The van der Waals surface area contributed by atoms with E-state index in [9.17, 15) is 9.59 Å². The molecule has 90 valence electrons. The monoisotopic (exact) mass is 238 g/mol. The van der Waals surface area contributed by atoms with Gasteiger partial charge in [-0.3, -0.25) is 9.59 Å². The van der Waals surface area contributed by atoms with Crippen molar-refractivity contribution in [3.05, 3.63) is 59.2 Å².